The fraction of sp³-hybridized carbons (Fsp3) is 0.455. The summed E-state index contributed by atoms with van der Waals surface area (Å²) in [6, 6.07) is 7.01. The summed E-state index contributed by atoms with van der Waals surface area (Å²) in [5, 5.41) is 4.83. The molecule has 0 radical (unpaired) electrons. The second-order valence-electron chi connectivity index (χ2n) is 8.00. The smallest absolute Gasteiger partial charge is 0.230 e. The molecule has 6 nitrogen and oxygen atoms in total. The van der Waals surface area contributed by atoms with Crippen LogP contribution in [0.4, 0.5) is 5.69 Å². The normalized spacial score (nSPS) is 15.8. The quantitative estimate of drug-likeness (QED) is 0.676. The van der Waals surface area contributed by atoms with Crippen LogP contribution in [-0.2, 0) is 32.3 Å². The molecule has 0 atom stereocenters. The van der Waals surface area contributed by atoms with Gasteiger partial charge in [-0.15, -0.1) is 11.3 Å². The van der Waals surface area contributed by atoms with E-state index in [-0.39, 0.29) is 34.8 Å². The van der Waals surface area contributed by atoms with E-state index in [1.807, 2.05) is 18.4 Å². The van der Waals surface area contributed by atoms with Gasteiger partial charge in [0.2, 0.25) is 11.8 Å². The highest BCUT2D eigenvalue weighted by Crippen LogP contribution is 2.37. The number of hydrogen-bond acceptors (Lipinski definition) is 5. The molecule has 160 valence electrons. The summed E-state index contributed by atoms with van der Waals surface area (Å²) in [4.78, 5) is 27.7. The van der Waals surface area contributed by atoms with Gasteiger partial charge in [-0.05, 0) is 73.4 Å². The summed E-state index contributed by atoms with van der Waals surface area (Å²) < 4.78 is 25.4. The van der Waals surface area contributed by atoms with Crippen LogP contribution in [0, 0.1) is 12.8 Å². The predicted molar refractivity (Wildman–Crippen MR) is 118 cm³/mol. The monoisotopic (exact) mass is 446 g/mol. The molecule has 1 aliphatic carbocycles. The fourth-order valence-electron chi connectivity index (χ4n) is 3.76. The van der Waals surface area contributed by atoms with Crippen molar-refractivity contribution in [3.63, 3.8) is 0 Å². The minimum Gasteiger partial charge on any atom is -0.356 e. The Bertz CT molecular complexity index is 1070. The van der Waals surface area contributed by atoms with E-state index in [1.54, 1.807) is 34.4 Å². The van der Waals surface area contributed by atoms with E-state index in [0.29, 0.717) is 19.5 Å². The first kappa shape index (κ1) is 21.1. The van der Waals surface area contributed by atoms with Gasteiger partial charge in [-0.25, -0.2) is 8.42 Å². The number of sulfone groups is 1. The number of aryl methyl sites for hydroxylation is 1. The van der Waals surface area contributed by atoms with Gasteiger partial charge in [-0.1, -0.05) is 0 Å². The first-order valence-corrected chi connectivity index (χ1v) is 12.8. The molecular formula is C22H26N2O4S2. The van der Waals surface area contributed by atoms with Crippen molar-refractivity contribution in [2.45, 2.75) is 43.9 Å². The molecule has 8 heteroatoms. The van der Waals surface area contributed by atoms with E-state index in [0.717, 1.165) is 30.5 Å². The number of thiophene rings is 1. The summed E-state index contributed by atoms with van der Waals surface area (Å²) in [5.74, 6) is -0.184. The predicted octanol–water partition coefficient (Wildman–Crippen LogP) is 2.88. The molecule has 0 unspecified atom stereocenters. The molecule has 1 aromatic carbocycles. The molecule has 1 fully saturated rings. The Morgan fingerprint density at radius 1 is 1.23 bits per heavy atom. The summed E-state index contributed by atoms with van der Waals surface area (Å²) in [6.45, 7) is 3.15. The number of benzene rings is 1. The van der Waals surface area contributed by atoms with E-state index in [2.05, 4.69) is 5.32 Å². The van der Waals surface area contributed by atoms with Gasteiger partial charge in [0.05, 0.1) is 10.6 Å². The number of carbonyl (C=O) groups is 2. The minimum atomic E-state index is -3.56. The Hall–Kier alpha value is -2.19. The van der Waals surface area contributed by atoms with Crippen molar-refractivity contribution in [1.82, 2.24) is 5.32 Å². The van der Waals surface area contributed by atoms with E-state index in [4.69, 9.17) is 0 Å². The number of nitrogens with zero attached hydrogens (tertiary/aromatic N) is 1. The van der Waals surface area contributed by atoms with Crippen molar-refractivity contribution in [2.75, 3.05) is 23.7 Å². The summed E-state index contributed by atoms with van der Waals surface area (Å²) in [7, 11) is -3.56. The maximum absolute atomic E-state index is 12.7. The van der Waals surface area contributed by atoms with Crippen LogP contribution in [-0.4, -0.2) is 39.1 Å². The first-order valence-electron chi connectivity index (χ1n) is 10.3. The first-order chi connectivity index (χ1) is 14.3. The lowest BCUT2D eigenvalue weighted by atomic mass is 10.2. The molecule has 2 aromatic rings. The highest BCUT2D eigenvalue weighted by molar-refractivity contribution is 7.91. The molecule has 1 N–H and O–H groups in total. The lowest BCUT2D eigenvalue weighted by Gasteiger charge is -2.17. The third-order valence-corrected chi connectivity index (χ3v) is 8.54. The van der Waals surface area contributed by atoms with Crippen molar-refractivity contribution in [3.05, 3.63) is 45.6 Å². The van der Waals surface area contributed by atoms with Crippen LogP contribution < -0.4 is 10.2 Å². The Balaban J connectivity index is 1.32. The highest BCUT2D eigenvalue weighted by atomic mass is 32.2. The Labute approximate surface area is 181 Å². The summed E-state index contributed by atoms with van der Waals surface area (Å²) in [6.07, 6.45) is 3.26. The molecule has 0 saturated heterocycles. The van der Waals surface area contributed by atoms with E-state index in [9.17, 15) is 18.0 Å². The molecular weight excluding hydrogens is 420 g/mol. The third-order valence-electron chi connectivity index (χ3n) is 5.74. The molecule has 0 spiro atoms. The van der Waals surface area contributed by atoms with Crippen LogP contribution in [0.1, 0.15) is 35.3 Å². The average molecular weight is 447 g/mol. The SMILES string of the molecule is Cc1ccsc1CCNC(=O)CCS(=O)(=O)c1ccc2c(c1)CCN2C(=O)C1CC1. The lowest BCUT2D eigenvalue weighted by Crippen LogP contribution is -2.30. The van der Waals surface area contributed by atoms with Crippen LogP contribution in [0.2, 0.25) is 0 Å². The highest BCUT2D eigenvalue weighted by Gasteiger charge is 2.36. The van der Waals surface area contributed by atoms with E-state index in [1.165, 1.54) is 10.4 Å². The number of amides is 2. The van der Waals surface area contributed by atoms with Crippen molar-refractivity contribution in [3.8, 4) is 0 Å². The zero-order valence-corrected chi connectivity index (χ0v) is 18.7. The van der Waals surface area contributed by atoms with Crippen LogP contribution in [0.3, 0.4) is 0 Å². The molecule has 30 heavy (non-hydrogen) atoms. The number of nitrogens with one attached hydrogen (secondary N) is 1. The lowest BCUT2D eigenvalue weighted by molar-refractivity contribution is -0.121. The molecule has 2 amide bonds. The second kappa shape index (κ2) is 8.51. The number of rotatable bonds is 8. The van der Waals surface area contributed by atoms with E-state index < -0.39 is 9.84 Å². The molecule has 1 saturated carbocycles. The minimum absolute atomic E-state index is 0.0604. The third kappa shape index (κ3) is 4.59. The van der Waals surface area contributed by atoms with Gasteiger partial charge in [0.1, 0.15) is 0 Å². The van der Waals surface area contributed by atoms with Crippen LogP contribution in [0.15, 0.2) is 34.5 Å². The van der Waals surface area contributed by atoms with E-state index >= 15 is 0 Å². The van der Waals surface area contributed by atoms with Gasteiger partial charge in [0.25, 0.3) is 0 Å². The fourth-order valence-corrected chi connectivity index (χ4v) is 5.96. The maximum atomic E-state index is 12.7. The zero-order valence-electron chi connectivity index (χ0n) is 17.0. The average Bonchev–Trinajstić information content (AvgIpc) is 3.37. The number of anilines is 1. The van der Waals surface area contributed by atoms with Crippen LogP contribution in [0.5, 0.6) is 0 Å². The topological polar surface area (TPSA) is 83.6 Å². The number of hydrogen-bond donors (Lipinski definition) is 1. The van der Waals surface area contributed by atoms with Crippen molar-refractivity contribution >= 4 is 38.7 Å². The molecule has 4 rings (SSSR count). The zero-order chi connectivity index (χ0) is 21.3. The molecule has 0 bridgehead atoms. The maximum Gasteiger partial charge on any atom is 0.230 e. The number of carbonyl (C=O) groups excluding carboxylic acids is 2. The van der Waals surface area contributed by atoms with Crippen molar-refractivity contribution in [2.24, 2.45) is 5.92 Å². The van der Waals surface area contributed by atoms with Gasteiger partial charge in [0, 0.05) is 36.0 Å². The van der Waals surface area contributed by atoms with Gasteiger partial charge >= 0.3 is 0 Å². The standard InChI is InChI=1S/C22H26N2O4S2/c1-15-8-12-29-20(15)6-10-23-21(25)9-13-30(27,28)18-4-5-19-17(14-18)7-11-24(19)22(26)16-2-3-16/h4-5,8,12,14,16H,2-3,6-7,9-11,13H2,1H3,(H,23,25). The molecule has 1 aliphatic heterocycles. The Morgan fingerprint density at radius 2 is 2.03 bits per heavy atom. The van der Waals surface area contributed by atoms with Crippen LogP contribution in [0.25, 0.3) is 0 Å². The molecule has 2 heterocycles. The van der Waals surface area contributed by atoms with Gasteiger partial charge in [0.15, 0.2) is 9.84 Å². The van der Waals surface area contributed by atoms with Crippen LogP contribution >= 0.6 is 11.3 Å². The van der Waals surface area contributed by atoms with Gasteiger partial charge < -0.3 is 10.2 Å². The van der Waals surface area contributed by atoms with Gasteiger partial charge in [-0.3, -0.25) is 9.59 Å². The second-order valence-corrected chi connectivity index (χ2v) is 11.1. The summed E-state index contributed by atoms with van der Waals surface area (Å²) in [5.41, 5.74) is 2.93. The summed E-state index contributed by atoms with van der Waals surface area (Å²) >= 11 is 1.66. The van der Waals surface area contributed by atoms with Gasteiger partial charge in [-0.2, -0.15) is 0 Å². The Morgan fingerprint density at radius 3 is 2.73 bits per heavy atom. The number of fused-ring (bicyclic) bond motifs is 1. The Kier molecular flexibility index (Phi) is 5.97. The van der Waals surface area contributed by atoms with Crippen molar-refractivity contribution < 1.29 is 18.0 Å². The largest absolute Gasteiger partial charge is 0.356 e. The molecule has 1 aromatic heterocycles. The molecule has 2 aliphatic rings. The van der Waals surface area contributed by atoms with Crippen molar-refractivity contribution in [1.29, 1.82) is 0 Å².